The van der Waals surface area contributed by atoms with E-state index in [0.29, 0.717) is 5.92 Å². The molecule has 2 heteroatoms. The molecule has 14 heavy (non-hydrogen) atoms. The zero-order valence-corrected chi connectivity index (χ0v) is 8.41. The Hall–Kier alpha value is -1.02. The van der Waals surface area contributed by atoms with Crippen LogP contribution in [0.3, 0.4) is 0 Å². The molecule has 1 aromatic carbocycles. The molecule has 2 rings (SSSR count). The zero-order valence-electron chi connectivity index (χ0n) is 8.41. The smallest absolute Gasteiger partial charge is 0.122 e. The van der Waals surface area contributed by atoms with Gasteiger partial charge < -0.3 is 10.5 Å². The zero-order chi connectivity index (χ0) is 9.80. The highest BCUT2D eigenvalue weighted by atomic mass is 16.5. The second kappa shape index (κ2) is 4.47. The topological polar surface area (TPSA) is 35.2 Å². The fraction of sp³-hybridized carbons (Fsp3) is 0.500. The van der Waals surface area contributed by atoms with Crippen LogP contribution in [0.4, 0.5) is 0 Å². The molecule has 0 amide bonds. The van der Waals surface area contributed by atoms with Crippen LogP contribution >= 0.6 is 0 Å². The van der Waals surface area contributed by atoms with E-state index in [1.807, 2.05) is 6.07 Å². The van der Waals surface area contributed by atoms with Crippen molar-refractivity contribution in [2.45, 2.75) is 19.3 Å². The SMILES string of the molecule is NCCCC1COc2ccccc2C1. The molecule has 1 unspecified atom stereocenters. The van der Waals surface area contributed by atoms with Crippen LogP contribution in [0.15, 0.2) is 24.3 Å². The summed E-state index contributed by atoms with van der Waals surface area (Å²) in [6.45, 7) is 1.65. The van der Waals surface area contributed by atoms with Crippen molar-refractivity contribution in [3.05, 3.63) is 29.8 Å². The van der Waals surface area contributed by atoms with E-state index in [-0.39, 0.29) is 0 Å². The summed E-state index contributed by atoms with van der Waals surface area (Å²) in [5.41, 5.74) is 6.85. The van der Waals surface area contributed by atoms with Crippen molar-refractivity contribution in [3.8, 4) is 5.75 Å². The van der Waals surface area contributed by atoms with E-state index < -0.39 is 0 Å². The van der Waals surface area contributed by atoms with Gasteiger partial charge in [0.1, 0.15) is 5.75 Å². The third-order valence-electron chi connectivity index (χ3n) is 2.77. The van der Waals surface area contributed by atoms with Crippen LogP contribution in [0, 0.1) is 5.92 Å². The Morgan fingerprint density at radius 1 is 1.36 bits per heavy atom. The number of hydrogen-bond donors (Lipinski definition) is 1. The van der Waals surface area contributed by atoms with Crippen molar-refractivity contribution in [2.75, 3.05) is 13.2 Å². The standard InChI is InChI=1S/C12H17NO/c13-7-3-4-10-8-11-5-1-2-6-12(11)14-9-10/h1-2,5-6,10H,3-4,7-9,13H2. The molecule has 1 heterocycles. The fourth-order valence-electron chi connectivity index (χ4n) is 1.98. The molecule has 0 radical (unpaired) electrons. The lowest BCUT2D eigenvalue weighted by molar-refractivity contribution is 0.212. The first-order chi connectivity index (χ1) is 6.90. The largest absolute Gasteiger partial charge is 0.493 e. The summed E-state index contributed by atoms with van der Waals surface area (Å²) >= 11 is 0. The van der Waals surface area contributed by atoms with Gasteiger partial charge in [-0.25, -0.2) is 0 Å². The highest BCUT2D eigenvalue weighted by Gasteiger charge is 2.18. The van der Waals surface area contributed by atoms with Gasteiger partial charge in [0.2, 0.25) is 0 Å². The minimum Gasteiger partial charge on any atom is -0.493 e. The lowest BCUT2D eigenvalue weighted by Crippen LogP contribution is -2.21. The minimum atomic E-state index is 0.661. The predicted molar refractivity (Wildman–Crippen MR) is 57.4 cm³/mol. The molecule has 0 bridgehead atoms. The first kappa shape index (κ1) is 9.53. The van der Waals surface area contributed by atoms with Gasteiger partial charge in [-0.1, -0.05) is 18.2 Å². The Bertz CT molecular complexity index is 298. The van der Waals surface area contributed by atoms with Crippen LogP contribution in [0.2, 0.25) is 0 Å². The van der Waals surface area contributed by atoms with Crippen molar-refractivity contribution in [1.29, 1.82) is 0 Å². The van der Waals surface area contributed by atoms with Crippen molar-refractivity contribution in [3.63, 3.8) is 0 Å². The van der Waals surface area contributed by atoms with E-state index in [1.165, 1.54) is 12.0 Å². The Morgan fingerprint density at radius 3 is 3.07 bits per heavy atom. The van der Waals surface area contributed by atoms with Crippen molar-refractivity contribution < 1.29 is 4.74 Å². The molecule has 0 aromatic heterocycles. The fourth-order valence-corrected chi connectivity index (χ4v) is 1.98. The number of rotatable bonds is 3. The summed E-state index contributed by atoms with van der Waals surface area (Å²) in [4.78, 5) is 0. The average molecular weight is 191 g/mol. The van der Waals surface area contributed by atoms with Crippen LogP contribution in [0.5, 0.6) is 5.75 Å². The van der Waals surface area contributed by atoms with Crippen LogP contribution in [-0.2, 0) is 6.42 Å². The molecule has 76 valence electrons. The van der Waals surface area contributed by atoms with E-state index in [9.17, 15) is 0 Å². The number of hydrogen-bond acceptors (Lipinski definition) is 2. The second-order valence-electron chi connectivity index (χ2n) is 3.92. The lowest BCUT2D eigenvalue weighted by Gasteiger charge is -2.24. The van der Waals surface area contributed by atoms with Gasteiger partial charge in [0.05, 0.1) is 6.61 Å². The minimum absolute atomic E-state index is 0.661. The van der Waals surface area contributed by atoms with E-state index in [2.05, 4.69) is 18.2 Å². The molecule has 0 aliphatic carbocycles. The van der Waals surface area contributed by atoms with Gasteiger partial charge in [-0.15, -0.1) is 0 Å². The number of fused-ring (bicyclic) bond motifs is 1. The molecule has 0 saturated carbocycles. The first-order valence-electron chi connectivity index (χ1n) is 5.31. The van der Waals surface area contributed by atoms with Gasteiger partial charge in [-0.3, -0.25) is 0 Å². The van der Waals surface area contributed by atoms with Gasteiger partial charge in [0.25, 0.3) is 0 Å². The molecule has 0 saturated heterocycles. The predicted octanol–water partition coefficient (Wildman–Crippen LogP) is 1.98. The molecular formula is C12H17NO. The van der Waals surface area contributed by atoms with E-state index >= 15 is 0 Å². The molecule has 1 aromatic rings. The number of para-hydroxylation sites is 1. The molecule has 1 aliphatic heterocycles. The average Bonchev–Trinajstić information content (AvgIpc) is 2.26. The number of nitrogens with two attached hydrogens (primary N) is 1. The van der Waals surface area contributed by atoms with Crippen molar-refractivity contribution >= 4 is 0 Å². The summed E-state index contributed by atoms with van der Waals surface area (Å²) in [6.07, 6.45) is 3.44. The van der Waals surface area contributed by atoms with Gasteiger partial charge in [-0.2, -0.15) is 0 Å². The van der Waals surface area contributed by atoms with Crippen molar-refractivity contribution in [1.82, 2.24) is 0 Å². The molecule has 0 fully saturated rings. The van der Waals surface area contributed by atoms with E-state index in [4.69, 9.17) is 10.5 Å². The summed E-state index contributed by atoms with van der Waals surface area (Å²) in [7, 11) is 0. The number of benzene rings is 1. The van der Waals surface area contributed by atoms with Crippen LogP contribution < -0.4 is 10.5 Å². The summed E-state index contributed by atoms with van der Waals surface area (Å²) in [5.74, 6) is 1.73. The molecule has 2 N–H and O–H groups in total. The third kappa shape index (κ3) is 2.07. The first-order valence-corrected chi connectivity index (χ1v) is 5.31. The Balaban J connectivity index is 1.99. The Morgan fingerprint density at radius 2 is 2.21 bits per heavy atom. The molecular weight excluding hydrogens is 174 g/mol. The lowest BCUT2D eigenvalue weighted by atomic mass is 9.93. The van der Waals surface area contributed by atoms with Gasteiger partial charge in [-0.05, 0) is 43.4 Å². The third-order valence-corrected chi connectivity index (χ3v) is 2.77. The van der Waals surface area contributed by atoms with Crippen LogP contribution in [-0.4, -0.2) is 13.2 Å². The van der Waals surface area contributed by atoms with Gasteiger partial charge in [0, 0.05) is 0 Å². The Kier molecular flexibility index (Phi) is 3.04. The quantitative estimate of drug-likeness (QED) is 0.792. The monoisotopic (exact) mass is 191 g/mol. The maximum Gasteiger partial charge on any atom is 0.122 e. The van der Waals surface area contributed by atoms with Crippen LogP contribution in [0.25, 0.3) is 0 Å². The number of ether oxygens (including phenoxy) is 1. The molecule has 2 nitrogen and oxygen atoms in total. The molecule has 0 spiro atoms. The maximum absolute atomic E-state index is 5.69. The summed E-state index contributed by atoms with van der Waals surface area (Å²) in [6, 6.07) is 8.31. The molecule has 1 aliphatic rings. The second-order valence-corrected chi connectivity index (χ2v) is 3.92. The Labute approximate surface area is 85.1 Å². The molecule has 1 atom stereocenters. The van der Waals surface area contributed by atoms with Gasteiger partial charge >= 0.3 is 0 Å². The maximum atomic E-state index is 5.69. The normalized spacial score (nSPS) is 19.9. The highest BCUT2D eigenvalue weighted by molar-refractivity contribution is 5.34. The van der Waals surface area contributed by atoms with Crippen molar-refractivity contribution in [2.24, 2.45) is 11.7 Å². The van der Waals surface area contributed by atoms with E-state index in [1.54, 1.807) is 0 Å². The summed E-state index contributed by atoms with van der Waals surface area (Å²) < 4.78 is 5.69. The van der Waals surface area contributed by atoms with Gasteiger partial charge in [0.15, 0.2) is 0 Å². The summed E-state index contributed by atoms with van der Waals surface area (Å²) in [5, 5.41) is 0. The highest BCUT2D eigenvalue weighted by Crippen LogP contribution is 2.28. The van der Waals surface area contributed by atoms with E-state index in [0.717, 1.165) is 31.7 Å². The van der Waals surface area contributed by atoms with Crippen LogP contribution in [0.1, 0.15) is 18.4 Å².